The Balaban J connectivity index is 1.62. The van der Waals surface area contributed by atoms with Crippen LogP contribution in [-0.2, 0) is 17.7 Å². The molecule has 8 heteroatoms. The Hall–Kier alpha value is -0.332. The fraction of sp³-hybridized carbons (Fsp3) is 0.784. The van der Waals surface area contributed by atoms with Crippen molar-refractivity contribution in [3.8, 4) is 0 Å². The Morgan fingerprint density at radius 2 is 0.578 bits per heavy atom. The molecule has 45 heavy (non-hydrogen) atoms. The van der Waals surface area contributed by atoms with Crippen LogP contribution in [0.15, 0.2) is 49.1 Å². The van der Waals surface area contributed by atoms with Crippen LogP contribution >= 0.6 is 0 Å². The topological polar surface area (TPSA) is 36.9 Å². The zero-order valence-corrected chi connectivity index (χ0v) is 33.5. The van der Waals surface area contributed by atoms with Gasteiger partial charge < -0.3 is 17.7 Å². The smallest absolute Gasteiger partial charge is 0.347 e. The highest BCUT2D eigenvalue weighted by atomic mass is 28.3. The molecule has 0 aromatic carbocycles. The lowest BCUT2D eigenvalue weighted by molar-refractivity contribution is -0.380. The van der Waals surface area contributed by atoms with Crippen LogP contribution < -0.4 is 0 Å². The quantitative estimate of drug-likeness (QED) is 0.0943. The summed E-state index contributed by atoms with van der Waals surface area (Å²) in [5.74, 6) is 2.85. The second-order valence-corrected chi connectivity index (χ2v) is 24.0. The molecule has 0 heterocycles. The molecule has 0 saturated heterocycles. The molecule has 0 bridgehead atoms. The van der Waals surface area contributed by atoms with Gasteiger partial charge in [0.2, 0.25) is 36.2 Å². The van der Waals surface area contributed by atoms with Crippen molar-refractivity contribution >= 4 is 36.2 Å². The molecule has 4 unspecified atom stereocenters. The lowest BCUT2D eigenvalue weighted by atomic mass is 9.91. The van der Waals surface area contributed by atoms with Crippen LogP contribution in [0.3, 0.4) is 0 Å². The van der Waals surface area contributed by atoms with E-state index in [9.17, 15) is 0 Å². The Labute approximate surface area is 284 Å². The van der Waals surface area contributed by atoms with E-state index in [2.05, 4.69) is 49.1 Å². The van der Waals surface area contributed by atoms with Gasteiger partial charge in [-0.25, -0.2) is 0 Å². The predicted octanol–water partition coefficient (Wildman–Crippen LogP) is 9.78. The minimum absolute atomic E-state index is 0.713. The van der Waals surface area contributed by atoms with Crippen molar-refractivity contribution in [2.24, 2.45) is 23.7 Å². The third kappa shape index (κ3) is 13.2. The highest BCUT2D eigenvalue weighted by molar-refractivity contribution is 6.61. The molecule has 4 aliphatic rings. The van der Waals surface area contributed by atoms with Gasteiger partial charge in [-0.15, -0.1) is 26.3 Å². The van der Waals surface area contributed by atoms with Crippen molar-refractivity contribution < 1.29 is 17.7 Å². The molecule has 0 spiro atoms. The van der Waals surface area contributed by atoms with Gasteiger partial charge >= 0.3 is 6.16 Å². The molecule has 0 N–H and O–H groups in total. The van der Waals surface area contributed by atoms with Crippen LogP contribution in [0.5, 0.6) is 0 Å². The van der Waals surface area contributed by atoms with E-state index in [1.165, 1.54) is 128 Å². The van der Waals surface area contributed by atoms with Gasteiger partial charge in [0.1, 0.15) is 0 Å². The summed E-state index contributed by atoms with van der Waals surface area (Å²) in [5, 5.41) is 0. The first-order valence-electron chi connectivity index (χ1n) is 19.3. The maximum Gasteiger partial charge on any atom is 0.374 e. The first-order chi connectivity index (χ1) is 22.0. The summed E-state index contributed by atoms with van der Waals surface area (Å²) in [6.07, 6.45) is 25.2. The van der Waals surface area contributed by atoms with E-state index < -0.39 is 42.3 Å². The maximum absolute atomic E-state index is 7.27. The van der Waals surface area contributed by atoms with Gasteiger partial charge in [-0.3, -0.25) is 0 Å². The van der Waals surface area contributed by atoms with E-state index in [1.54, 1.807) is 0 Å². The lowest BCUT2D eigenvalue weighted by Crippen LogP contribution is -2.54. The summed E-state index contributed by atoms with van der Waals surface area (Å²) < 4.78 is 29.1. The van der Waals surface area contributed by atoms with E-state index in [4.69, 9.17) is 17.7 Å². The van der Waals surface area contributed by atoms with E-state index >= 15 is 0 Å². The molecular formula is C37H68O4Si4. The Morgan fingerprint density at radius 3 is 0.756 bits per heavy atom. The van der Waals surface area contributed by atoms with Crippen LogP contribution in [0.1, 0.15) is 128 Å². The third-order valence-electron chi connectivity index (χ3n) is 11.4. The highest BCUT2D eigenvalue weighted by Crippen LogP contribution is 2.37. The van der Waals surface area contributed by atoms with Crippen LogP contribution in [0.4, 0.5) is 0 Å². The Bertz CT molecular complexity index is 721. The van der Waals surface area contributed by atoms with Crippen molar-refractivity contribution in [1.82, 2.24) is 0 Å². The zero-order valence-electron chi connectivity index (χ0n) is 28.9. The van der Waals surface area contributed by atoms with Crippen LogP contribution in [-0.4, -0.2) is 42.3 Å². The van der Waals surface area contributed by atoms with Crippen molar-refractivity contribution in [3.05, 3.63) is 49.1 Å². The predicted molar refractivity (Wildman–Crippen MR) is 202 cm³/mol. The summed E-state index contributed by atoms with van der Waals surface area (Å²) in [5.41, 5.74) is 8.51. The molecule has 4 fully saturated rings. The number of rotatable bonds is 20. The van der Waals surface area contributed by atoms with E-state index in [1.807, 2.05) is 0 Å². The number of hydrogen-bond donors (Lipinski definition) is 0. The molecule has 4 aliphatic carbocycles. The molecule has 256 valence electrons. The Morgan fingerprint density at radius 1 is 0.378 bits per heavy atom. The second kappa shape index (κ2) is 20.9. The van der Waals surface area contributed by atoms with E-state index in [0.29, 0.717) is 23.7 Å². The average Bonchev–Trinajstić information content (AvgIpc) is 3.09. The van der Waals surface area contributed by atoms with Gasteiger partial charge in [-0.1, -0.05) is 151 Å². The monoisotopic (exact) mass is 688 g/mol. The SMILES string of the molecule is C=C[SiH](CC1CCCCC1)OC(O[SiH](C=C)CC1CCCCC1)(O[SiH](C=C)CC1CCCCC1)O[SiH](C=C)CC1CCCCC1. The third-order valence-corrected chi connectivity index (χ3v) is 20.4. The summed E-state index contributed by atoms with van der Waals surface area (Å²) in [4.78, 5) is 0. The molecule has 4 saturated carbocycles. The average molecular weight is 689 g/mol. The van der Waals surface area contributed by atoms with Gasteiger partial charge in [-0.05, 0) is 47.8 Å². The molecule has 0 aliphatic heterocycles. The van der Waals surface area contributed by atoms with Crippen molar-refractivity contribution in [3.63, 3.8) is 0 Å². The van der Waals surface area contributed by atoms with Crippen LogP contribution in [0.2, 0.25) is 24.2 Å². The van der Waals surface area contributed by atoms with Gasteiger partial charge in [-0.2, -0.15) is 0 Å². The van der Waals surface area contributed by atoms with Gasteiger partial charge in [0.25, 0.3) is 0 Å². The molecule has 0 aromatic heterocycles. The first-order valence-corrected chi connectivity index (χ1v) is 27.1. The lowest BCUT2D eigenvalue weighted by Gasteiger charge is -2.42. The summed E-state index contributed by atoms with van der Waals surface area (Å²) >= 11 is 0. The molecule has 4 rings (SSSR count). The standard InChI is InChI=1S/C37H68O4Si4/c1-5-42(29-33-21-13-9-14-22-33)38-37(39-43(6-2)30-34-23-15-10-16-24-34,40-44(7-3)31-35-25-17-11-18-26-35)41-45(8-4)32-36-27-19-12-20-28-36/h5-8,33-36,42-45H,1-4,9-32H2. The summed E-state index contributed by atoms with van der Waals surface area (Å²) in [7, 11) is -7.61. The fourth-order valence-corrected chi connectivity index (χ4v) is 17.6. The second-order valence-electron chi connectivity index (χ2n) is 15.0. The molecular weight excluding hydrogens is 621 g/mol. The van der Waals surface area contributed by atoms with Crippen molar-refractivity contribution in [2.45, 2.75) is 159 Å². The van der Waals surface area contributed by atoms with Crippen LogP contribution in [0, 0.1) is 23.7 Å². The summed E-state index contributed by atoms with van der Waals surface area (Å²) in [6.45, 7) is 17.3. The van der Waals surface area contributed by atoms with Crippen LogP contribution in [0.25, 0.3) is 0 Å². The highest BCUT2D eigenvalue weighted by Gasteiger charge is 2.45. The summed E-state index contributed by atoms with van der Waals surface area (Å²) in [6, 6.07) is 4.37. The minimum Gasteiger partial charge on any atom is -0.347 e. The molecule has 4 atom stereocenters. The zero-order chi connectivity index (χ0) is 31.7. The van der Waals surface area contributed by atoms with E-state index in [-0.39, 0.29) is 0 Å². The van der Waals surface area contributed by atoms with Gasteiger partial charge in [0, 0.05) is 0 Å². The fourth-order valence-electron chi connectivity index (χ4n) is 8.68. The Kier molecular flexibility index (Phi) is 17.4. The molecule has 0 radical (unpaired) electrons. The minimum atomic E-state index is -1.90. The molecule has 0 aromatic rings. The molecule has 0 amide bonds. The maximum atomic E-state index is 7.27. The van der Waals surface area contributed by atoms with Gasteiger partial charge in [0.15, 0.2) is 0 Å². The normalized spacial score (nSPS) is 25.4. The van der Waals surface area contributed by atoms with Gasteiger partial charge in [0.05, 0.1) is 0 Å². The van der Waals surface area contributed by atoms with Crippen molar-refractivity contribution in [1.29, 1.82) is 0 Å². The number of hydrogen-bond acceptors (Lipinski definition) is 4. The van der Waals surface area contributed by atoms with Crippen molar-refractivity contribution in [2.75, 3.05) is 0 Å². The van der Waals surface area contributed by atoms with E-state index in [0.717, 1.165) is 24.2 Å². The first kappa shape index (κ1) is 37.5. The molecule has 4 nitrogen and oxygen atoms in total. The largest absolute Gasteiger partial charge is 0.374 e.